The van der Waals surface area contributed by atoms with E-state index in [9.17, 15) is 17.3 Å². The molecule has 0 saturated heterocycles. The van der Waals surface area contributed by atoms with Gasteiger partial charge in [-0.15, -0.1) is 0 Å². The maximum Gasteiger partial charge on any atom is 0.673 e. The summed E-state index contributed by atoms with van der Waals surface area (Å²) in [4.78, 5) is 0. The lowest BCUT2D eigenvalue weighted by atomic mass is 9.99. The smallest absolute Gasteiger partial charge is 0.418 e. The molecule has 0 atom stereocenters. The Morgan fingerprint density at radius 2 is 1.31 bits per heavy atom. The van der Waals surface area contributed by atoms with Gasteiger partial charge in [-0.2, -0.15) is 0 Å². The Hall–Kier alpha value is -0.565. The van der Waals surface area contributed by atoms with E-state index in [0.29, 0.717) is 0 Å². The first kappa shape index (κ1) is 21.7. The summed E-state index contributed by atoms with van der Waals surface area (Å²) in [6.07, 6.45) is 16.3. The highest BCUT2D eigenvalue weighted by Gasteiger charge is 2.39. The van der Waals surface area contributed by atoms with Crippen LogP contribution in [0.5, 0.6) is 0 Å². The van der Waals surface area contributed by atoms with Crippen LogP contribution in [0.15, 0.2) is 24.3 Å². The van der Waals surface area contributed by atoms with Crippen LogP contribution in [0.4, 0.5) is 17.3 Å². The number of aryl methyl sites for hydroxylation is 1. The summed E-state index contributed by atoms with van der Waals surface area (Å²) in [6, 6.07) is 9.73. The van der Waals surface area contributed by atoms with Crippen molar-refractivity contribution in [1.82, 2.24) is 0 Å². The van der Waals surface area contributed by atoms with Gasteiger partial charge in [-0.05, 0) is 75.5 Å². The van der Waals surface area contributed by atoms with Gasteiger partial charge in [-0.3, -0.25) is 0 Å². The second-order valence-corrected chi connectivity index (χ2v) is 10.8. The van der Waals surface area contributed by atoms with Gasteiger partial charge in [-0.25, -0.2) is 0 Å². The minimum absolute atomic E-state index is 0.355. The van der Waals surface area contributed by atoms with Crippen molar-refractivity contribution in [2.75, 3.05) is 0 Å². The topological polar surface area (TPSA) is 0 Å². The van der Waals surface area contributed by atoms with E-state index in [1.807, 2.05) is 0 Å². The molecule has 0 N–H and O–H groups in total. The molecule has 0 spiro atoms. The number of hydrogen-bond acceptors (Lipinski definition) is 0. The Labute approximate surface area is 157 Å². The summed E-state index contributed by atoms with van der Waals surface area (Å²) in [6.45, 7) is 2.30. The molecule has 0 aliphatic heterocycles. The summed E-state index contributed by atoms with van der Waals surface area (Å²) in [7, 11) is -6.36. The Balaban J connectivity index is 0.000000431. The normalized spacial score (nSPS) is 19.9. The quantitative estimate of drug-likeness (QED) is 0.293. The number of halogens is 4. The second-order valence-electron chi connectivity index (χ2n) is 7.67. The molecule has 1 aromatic rings. The van der Waals surface area contributed by atoms with E-state index in [-0.39, 0.29) is 7.92 Å². The Bertz CT molecular complexity index is 499. The minimum atomic E-state index is -6.00. The lowest BCUT2D eigenvalue weighted by Gasteiger charge is -2.32. The van der Waals surface area contributed by atoms with Crippen LogP contribution in [0.2, 0.25) is 0 Å². The first-order chi connectivity index (χ1) is 12.4. The highest BCUT2D eigenvalue weighted by Crippen LogP contribution is 2.54. The third-order valence-corrected chi connectivity index (χ3v) is 9.65. The fraction of sp³-hybridized carbons (Fsp3) is 0.700. The lowest BCUT2D eigenvalue weighted by molar-refractivity contribution is 0.368. The van der Waals surface area contributed by atoms with Crippen molar-refractivity contribution in [3.63, 3.8) is 0 Å². The molecule has 0 nitrogen and oxygen atoms in total. The Kier molecular flexibility index (Phi) is 8.93. The van der Waals surface area contributed by atoms with Gasteiger partial charge in [0.2, 0.25) is 0 Å². The third-order valence-electron chi connectivity index (χ3n) is 5.76. The molecule has 26 heavy (non-hydrogen) atoms. The number of hydrogen-bond donors (Lipinski definition) is 0. The maximum atomic E-state index is 9.75. The molecule has 6 heteroatoms. The summed E-state index contributed by atoms with van der Waals surface area (Å²) >= 11 is 0. The van der Waals surface area contributed by atoms with E-state index < -0.39 is 7.25 Å². The number of rotatable bonds is 4. The largest absolute Gasteiger partial charge is 0.673 e. The molecule has 0 heterocycles. The van der Waals surface area contributed by atoms with Crippen molar-refractivity contribution >= 4 is 20.5 Å². The molecule has 0 unspecified atom stereocenters. The van der Waals surface area contributed by atoms with Crippen LogP contribution >= 0.6 is 7.92 Å². The summed E-state index contributed by atoms with van der Waals surface area (Å²) in [5, 5.41) is 1.78. The first-order valence-corrected chi connectivity index (χ1v) is 11.9. The van der Waals surface area contributed by atoms with E-state index in [2.05, 4.69) is 31.2 Å². The predicted molar refractivity (Wildman–Crippen MR) is 108 cm³/mol. The van der Waals surface area contributed by atoms with Gasteiger partial charge in [0.05, 0.1) is 16.6 Å². The zero-order valence-corrected chi connectivity index (χ0v) is 16.8. The van der Waals surface area contributed by atoms with E-state index in [1.165, 1.54) is 70.6 Å². The highest BCUT2D eigenvalue weighted by atomic mass is 31.1. The molecule has 3 rings (SSSR count). The van der Waals surface area contributed by atoms with Crippen molar-refractivity contribution in [1.29, 1.82) is 0 Å². The Morgan fingerprint density at radius 3 is 1.73 bits per heavy atom. The molecule has 148 valence electrons. The summed E-state index contributed by atoms with van der Waals surface area (Å²) < 4.78 is 39.0. The summed E-state index contributed by atoms with van der Waals surface area (Å²) in [5.74, 6) is 0. The predicted octanol–water partition coefficient (Wildman–Crippen LogP) is 7.05. The molecule has 1 aromatic carbocycles. The zero-order chi connectivity index (χ0) is 19.0. The second kappa shape index (κ2) is 10.7. The molecule has 2 aliphatic carbocycles. The van der Waals surface area contributed by atoms with E-state index in [1.54, 1.807) is 10.9 Å². The maximum absolute atomic E-state index is 9.75. The lowest BCUT2D eigenvalue weighted by Crippen LogP contribution is -2.26. The van der Waals surface area contributed by atoms with Crippen LogP contribution in [0.1, 0.15) is 76.7 Å². The Morgan fingerprint density at radius 1 is 0.846 bits per heavy atom. The van der Waals surface area contributed by atoms with Crippen molar-refractivity contribution in [3.8, 4) is 0 Å². The number of benzene rings is 1. The summed E-state index contributed by atoms with van der Waals surface area (Å²) in [5.41, 5.74) is 3.69. The fourth-order valence-corrected chi connectivity index (χ4v) is 8.91. The van der Waals surface area contributed by atoms with Gasteiger partial charge >= 0.3 is 7.25 Å². The van der Waals surface area contributed by atoms with E-state index in [4.69, 9.17) is 0 Å². The van der Waals surface area contributed by atoms with Crippen LogP contribution in [0.25, 0.3) is 0 Å². The molecule has 2 saturated carbocycles. The fourth-order valence-electron chi connectivity index (χ4n) is 4.60. The molecular formula is C20H32BF4P. The standard InChI is InChI=1S/C20H31P.BF4/c1-2-17-10-9-15-20(16-17)21(18-11-5-3-6-12-18)19-13-7-4-8-14-19;2-1(3,4)5/h9-10,15-16,18-19H,2-8,11-14H2,1H3;/q;-1/p+1. The van der Waals surface area contributed by atoms with Crippen LogP contribution in [0.3, 0.4) is 0 Å². The zero-order valence-electron chi connectivity index (χ0n) is 15.8. The molecule has 0 amide bonds. The molecule has 0 aromatic heterocycles. The van der Waals surface area contributed by atoms with Crippen molar-refractivity contribution < 1.29 is 17.3 Å². The molecule has 2 fully saturated rings. The first-order valence-electron chi connectivity index (χ1n) is 10.2. The van der Waals surface area contributed by atoms with Crippen LogP contribution < -0.4 is 5.30 Å². The third kappa shape index (κ3) is 7.58. The SMILES string of the molecule is CCc1cccc([PH+](C2CCCCC2)C2CCCCC2)c1.F[B-](F)(F)F. The van der Waals surface area contributed by atoms with Crippen molar-refractivity contribution in [2.24, 2.45) is 0 Å². The van der Waals surface area contributed by atoms with Crippen molar-refractivity contribution in [2.45, 2.75) is 88.9 Å². The van der Waals surface area contributed by atoms with Gasteiger partial charge in [0.15, 0.2) is 0 Å². The van der Waals surface area contributed by atoms with E-state index >= 15 is 0 Å². The van der Waals surface area contributed by atoms with Crippen LogP contribution in [0, 0.1) is 0 Å². The monoisotopic (exact) mass is 390 g/mol. The van der Waals surface area contributed by atoms with Gasteiger partial charge < -0.3 is 17.3 Å². The van der Waals surface area contributed by atoms with Crippen LogP contribution in [-0.2, 0) is 6.42 Å². The highest BCUT2D eigenvalue weighted by molar-refractivity contribution is 7.67. The average molecular weight is 390 g/mol. The molecule has 2 aliphatic rings. The average Bonchev–Trinajstić information content (AvgIpc) is 2.63. The van der Waals surface area contributed by atoms with E-state index in [0.717, 1.165) is 11.3 Å². The minimum Gasteiger partial charge on any atom is -0.418 e. The van der Waals surface area contributed by atoms with Gasteiger partial charge in [0.25, 0.3) is 0 Å². The molecular weight excluding hydrogens is 358 g/mol. The molecule has 0 bridgehead atoms. The van der Waals surface area contributed by atoms with Crippen LogP contribution in [-0.4, -0.2) is 18.6 Å². The van der Waals surface area contributed by atoms with Crippen molar-refractivity contribution in [3.05, 3.63) is 29.8 Å². The van der Waals surface area contributed by atoms with Gasteiger partial charge in [0.1, 0.15) is 0 Å². The van der Waals surface area contributed by atoms with Gasteiger partial charge in [-0.1, -0.05) is 31.9 Å². The molecule has 0 radical (unpaired) electrons. The van der Waals surface area contributed by atoms with Gasteiger partial charge in [0, 0.05) is 7.92 Å².